The van der Waals surface area contributed by atoms with E-state index in [9.17, 15) is 4.39 Å². The van der Waals surface area contributed by atoms with Crippen molar-refractivity contribution in [2.75, 3.05) is 0 Å². The Morgan fingerprint density at radius 1 is 1.00 bits per heavy atom. The molecule has 30 heavy (non-hydrogen) atoms. The number of hydrogen-bond donors (Lipinski definition) is 1. The first-order valence-corrected chi connectivity index (χ1v) is 10.2. The van der Waals surface area contributed by atoms with Crippen molar-refractivity contribution in [1.82, 2.24) is 25.1 Å². The Balaban J connectivity index is 1.38. The van der Waals surface area contributed by atoms with Gasteiger partial charge in [0.05, 0.1) is 21.1 Å². The van der Waals surface area contributed by atoms with E-state index in [1.807, 2.05) is 18.2 Å². The second-order valence-corrected chi connectivity index (χ2v) is 8.00. The van der Waals surface area contributed by atoms with E-state index in [0.717, 1.165) is 15.5 Å². The number of rotatable bonds is 4. The van der Waals surface area contributed by atoms with Gasteiger partial charge in [0, 0.05) is 16.7 Å². The van der Waals surface area contributed by atoms with Crippen LogP contribution in [0.2, 0.25) is 0 Å². The third-order valence-electron chi connectivity index (χ3n) is 4.17. The molecule has 0 amide bonds. The lowest BCUT2D eigenvalue weighted by Crippen LogP contribution is -1.90. The molecule has 3 aromatic heterocycles. The van der Waals surface area contributed by atoms with Crippen molar-refractivity contribution in [2.45, 2.75) is 0 Å². The van der Waals surface area contributed by atoms with E-state index >= 15 is 0 Å². The number of aromatic nitrogens is 5. The lowest BCUT2D eigenvalue weighted by atomic mass is 10.3. The number of nitrogens with zero attached hydrogens (tertiary/aromatic N) is 4. The fourth-order valence-electron chi connectivity index (χ4n) is 2.76. The molecule has 148 valence electrons. The molecular formula is C20H10Br2FN5O2. The molecule has 0 spiro atoms. The molecule has 0 unspecified atom stereocenters. The molecule has 5 rings (SSSR count). The number of imidazole rings is 1. The number of halogens is 3. The summed E-state index contributed by atoms with van der Waals surface area (Å²) in [5, 5.41) is 4.00. The van der Waals surface area contributed by atoms with Gasteiger partial charge in [-0.3, -0.25) is 0 Å². The van der Waals surface area contributed by atoms with Crippen LogP contribution in [0.3, 0.4) is 0 Å². The Morgan fingerprint density at radius 2 is 1.90 bits per heavy atom. The van der Waals surface area contributed by atoms with Crippen LogP contribution in [-0.2, 0) is 0 Å². The third kappa shape index (κ3) is 3.71. The molecule has 0 aliphatic heterocycles. The zero-order valence-electron chi connectivity index (χ0n) is 14.9. The normalized spacial score (nSPS) is 11.2. The molecule has 3 heterocycles. The third-order valence-corrected chi connectivity index (χ3v) is 5.29. The summed E-state index contributed by atoms with van der Waals surface area (Å²) >= 11 is 6.69. The molecule has 2 aromatic carbocycles. The molecular weight excluding hydrogens is 521 g/mol. The molecule has 1 N–H and O–H groups in total. The number of pyridine rings is 1. The van der Waals surface area contributed by atoms with Crippen molar-refractivity contribution in [3.8, 4) is 34.7 Å². The summed E-state index contributed by atoms with van der Waals surface area (Å²) in [5.41, 5.74) is 2.29. The summed E-state index contributed by atoms with van der Waals surface area (Å²) in [6.45, 7) is 0. The Kier molecular flexibility index (Phi) is 4.80. The summed E-state index contributed by atoms with van der Waals surface area (Å²) in [5.74, 6) is 1.58. The van der Waals surface area contributed by atoms with E-state index in [1.54, 1.807) is 18.3 Å². The molecule has 0 saturated carbocycles. The fourth-order valence-corrected chi connectivity index (χ4v) is 3.56. The maximum absolute atomic E-state index is 13.2. The average molecular weight is 531 g/mol. The molecule has 0 atom stereocenters. The average Bonchev–Trinajstić information content (AvgIpc) is 3.37. The van der Waals surface area contributed by atoms with Crippen LogP contribution in [0.15, 0.2) is 68.2 Å². The minimum atomic E-state index is -0.359. The highest BCUT2D eigenvalue weighted by molar-refractivity contribution is 9.10. The number of hydrogen-bond acceptors (Lipinski definition) is 6. The van der Waals surface area contributed by atoms with Crippen molar-refractivity contribution in [1.29, 1.82) is 0 Å². The van der Waals surface area contributed by atoms with Crippen LogP contribution in [0.5, 0.6) is 11.6 Å². The minimum absolute atomic E-state index is 0.300. The van der Waals surface area contributed by atoms with Crippen LogP contribution in [0.4, 0.5) is 4.39 Å². The zero-order chi connectivity index (χ0) is 20.7. The van der Waals surface area contributed by atoms with Crippen LogP contribution in [0.1, 0.15) is 0 Å². The van der Waals surface area contributed by atoms with Gasteiger partial charge in [-0.1, -0.05) is 21.1 Å². The Bertz CT molecular complexity index is 1370. The van der Waals surface area contributed by atoms with Crippen molar-refractivity contribution >= 4 is 42.9 Å². The van der Waals surface area contributed by atoms with E-state index < -0.39 is 0 Å². The second kappa shape index (κ2) is 7.62. The van der Waals surface area contributed by atoms with Crippen LogP contribution < -0.4 is 4.74 Å². The maximum atomic E-state index is 13.2. The van der Waals surface area contributed by atoms with E-state index in [2.05, 4.69) is 57.0 Å². The van der Waals surface area contributed by atoms with Crippen LogP contribution in [0, 0.1) is 5.82 Å². The summed E-state index contributed by atoms with van der Waals surface area (Å²) in [4.78, 5) is 16.3. The number of benzene rings is 2. The summed E-state index contributed by atoms with van der Waals surface area (Å²) in [7, 11) is 0. The van der Waals surface area contributed by atoms with Gasteiger partial charge in [0.25, 0.3) is 5.89 Å². The molecule has 0 aliphatic rings. The van der Waals surface area contributed by atoms with Crippen LogP contribution >= 0.6 is 31.9 Å². The number of aromatic amines is 1. The lowest BCUT2D eigenvalue weighted by Gasteiger charge is -2.06. The first-order chi connectivity index (χ1) is 14.5. The highest BCUT2D eigenvalue weighted by Crippen LogP contribution is 2.30. The Hall–Kier alpha value is -3.11. The molecule has 0 fully saturated rings. The van der Waals surface area contributed by atoms with Crippen LogP contribution in [-0.4, -0.2) is 25.1 Å². The predicted molar refractivity (Wildman–Crippen MR) is 114 cm³/mol. The largest absolute Gasteiger partial charge is 0.438 e. The Morgan fingerprint density at radius 3 is 2.70 bits per heavy atom. The summed E-state index contributed by atoms with van der Waals surface area (Å²) in [6, 6.07) is 13.3. The summed E-state index contributed by atoms with van der Waals surface area (Å²) < 4.78 is 25.7. The van der Waals surface area contributed by atoms with Crippen molar-refractivity contribution in [2.24, 2.45) is 0 Å². The van der Waals surface area contributed by atoms with Gasteiger partial charge in [0.15, 0.2) is 5.82 Å². The first kappa shape index (κ1) is 18.9. The second-order valence-electron chi connectivity index (χ2n) is 6.23. The van der Waals surface area contributed by atoms with Gasteiger partial charge in [-0.15, -0.1) is 0 Å². The standard InChI is InChI=1S/C20H10Br2FN5O2/c21-11-2-4-14-15(7-11)26-18(25-14)19-27-20(30-28-19)10-1-6-17(24-9-10)29-16-5-3-12(23)8-13(16)22/h1-9H,(H,25,26). The molecule has 0 saturated heterocycles. The molecule has 0 bridgehead atoms. The fraction of sp³-hybridized carbons (Fsp3) is 0. The van der Waals surface area contributed by atoms with Gasteiger partial charge in [-0.2, -0.15) is 4.98 Å². The zero-order valence-corrected chi connectivity index (χ0v) is 18.1. The van der Waals surface area contributed by atoms with Gasteiger partial charge in [-0.05, 0) is 58.4 Å². The molecule has 0 radical (unpaired) electrons. The number of ether oxygens (including phenoxy) is 1. The monoisotopic (exact) mass is 529 g/mol. The quantitative estimate of drug-likeness (QED) is 0.300. The highest BCUT2D eigenvalue weighted by Gasteiger charge is 2.15. The number of fused-ring (bicyclic) bond motifs is 1. The SMILES string of the molecule is Fc1ccc(Oc2ccc(-c3nc(-c4nc5ccc(Br)cc5[nH]4)no3)cn2)c(Br)c1. The summed E-state index contributed by atoms with van der Waals surface area (Å²) in [6.07, 6.45) is 1.56. The Labute approximate surface area is 185 Å². The minimum Gasteiger partial charge on any atom is -0.438 e. The van der Waals surface area contributed by atoms with E-state index in [-0.39, 0.29) is 5.82 Å². The van der Waals surface area contributed by atoms with Gasteiger partial charge in [0.1, 0.15) is 11.6 Å². The smallest absolute Gasteiger partial charge is 0.259 e. The van der Waals surface area contributed by atoms with Crippen LogP contribution in [0.25, 0.3) is 34.1 Å². The predicted octanol–water partition coefficient (Wildman–Crippen LogP) is 6.13. The van der Waals surface area contributed by atoms with Gasteiger partial charge >= 0.3 is 0 Å². The van der Waals surface area contributed by atoms with Gasteiger partial charge in [0.2, 0.25) is 11.7 Å². The molecule has 5 aromatic rings. The molecule has 0 aliphatic carbocycles. The van der Waals surface area contributed by atoms with Gasteiger partial charge < -0.3 is 14.2 Å². The molecule has 10 heteroatoms. The van der Waals surface area contributed by atoms with E-state index in [0.29, 0.717) is 39.2 Å². The maximum Gasteiger partial charge on any atom is 0.259 e. The number of nitrogens with one attached hydrogen (secondary N) is 1. The molecule has 7 nitrogen and oxygen atoms in total. The van der Waals surface area contributed by atoms with Crippen molar-refractivity contribution < 1.29 is 13.7 Å². The lowest BCUT2D eigenvalue weighted by molar-refractivity contribution is 0.431. The first-order valence-electron chi connectivity index (χ1n) is 8.64. The topological polar surface area (TPSA) is 89.7 Å². The van der Waals surface area contributed by atoms with Gasteiger partial charge in [-0.25, -0.2) is 14.4 Å². The van der Waals surface area contributed by atoms with E-state index in [4.69, 9.17) is 9.26 Å². The van der Waals surface area contributed by atoms with Crippen molar-refractivity contribution in [3.63, 3.8) is 0 Å². The van der Waals surface area contributed by atoms with Crippen molar-refractivity contribution in [3.05, 3.63) is 69.5 Å². The number of H-pyrrole nitrogens is 1. The van der Waals surface area contributed by atoms with E-state index in [1.165, 1.54) is 18.2 Å². The highest BCUT2D eigenvalue weighted by atomic mass is 79.9.